The highest BCUT2D eigenvalue weighted by atomic mass is 19.2. The van der Waals surface area contributed by atoms with E-state index in [4.69, 9.17) is 9.47 Å². The molecule has 0 N–H and O–H groups in total. The summed E-state index contributed by atoms with van der Waals surface area (Å²) in [5.41, 5.74) is 1.81. The molecule has 0 saturated carbocycles. The molecule has 2 aromatic carbocycles. The molecule has 1 aliphatic heterocycles. The first-order valence-electron chi connectivity index (χ1n) is 9.59. The quantitative estimate of drug-likeness (QED) is 0.619. The molecule has 0 amide bonds. The van der Waals surface area contributed by atoms with Crippen LogP contribution >= 0.6 is 0 Å². The van der Waals surface area contributed by atoms with Crippen molar-refractivity contribution in [2.45, 2.75) is 18.7 Å². The van der Waals surface area contributed by atoms with E-state index in [0.29, 0.717) is 32.2 Å². The Morgan fingerprint density at radius 3 is 2.59 bits per heavy atom. The average Bonchev–Trinajstić information content (AvgIpc) is 2.76. The van der Waals surface area contributed by atoms with Crippen molar-refractivity contribution in [2.24, 2.45) is 0 Å². The number of aromatic nitrogens is 1. The van der Waals surface area contributed by atoms with Crippen LogP contribution in [0.5, 0.6) is 5.88 Å². The molecular formula is C23H22F2N2O2. The molecule has 6 heteroatoms. The molecule has 4 nitrogen and oxygen atoms in total. The minimum absolute atomic E-state index is 0.0817. The third-order valence-corrected chi connectivity index (χ3v) is 5.00. The van der Waals surface area contributed by atoms with Crippen LogP contribution in [-0.2, 0) is 11.3 Å². The fourth-order valence-corrected chi connectivity index (χ4v) is 3.65. The molecule has 2 heterocycles. The Morgan fingerprint density at radius 2 is 1.83 bits per heavy atom. The lowest BCUT2D eigenvalue weighted by atomic mass is 9.97. The van der Waals surface area contributed by atoms with Gasteiger partial charge in [-0.05, 0) is 29.3 Å². The Labute approximate surface area is 168 Å². The van der Waals surface area contributed by atoms with Gasteiger partial charge in [0.2, 0.25) is 5.88 Å². The van der Waals surface area contributed by atoms with Crippen LogP contribution in [-0.4, -0.2) is 35.7 Å². The van der Waals surface area contributed by atoms with E-state index < -0.39 is 11.6 Å². The van der Waals surface area contributed by atoms with Crippen molar-refractivity contribution in [1.29, 1.82) is 0 Å². The largest absolute Gasteiger partial charge is 0.475 e. The van der Waals surface area contributed by atoms with Crippen molar-refractivity contribution in [3.05, 3.63) is 95.7 Å². The smallest absolute Gasteiger partial charge is 0.213 e. The topological polar surface area (TPSA) is 34.6 Å². The average molecular weight is 396 g/mol. The number of morpholine rings is 1. The van der Waals surface area contributed by atoms with Crippen LogP contribution in [0, 0.1) is 11.6 Å². The lowest BCUT2D eigenvalue weighted by Crippen LogP contribution is -2.47. The van der Waals surface area contributed by atoms with Gasteiger partial charge < -0.3 is 9.47 Å². The van der Waals surface area contributed by atoms with Crippen molar-refractivity contribution in [1.82, 2.24) is 9.88 Å². The lowest BCUT2D eigenvalue weighted by molar-refractivity contribution is -0.0925. The molecule has 29 heavy (non-hydrogen) atoms. The highest BCUT2D eigenvalue weighted by molar-refractivity contribution is 5.23. The molecule has 0 bridgehead atoms. The molecular weight excluding hydrogens is 374 g/mol. The van der Waals surface area contributed by atoms with Gasteiger partial charge in [0.15, 0.2) is 11.6 Å². The van der Waals surface area contributed by atoms with E-state index in [1.807, 2.05) is 42.5 Å². The van der Waals surface area contributed by atoms with E-state index in [0.717, 1.165) is 11.1 Å². The number of pyridine rings is 1. The van der Waals surface area contributed by atoms with Gasteiger partial charge in [-0.1, -0.05) is 42.5 Å². The summed E-state index contributed by atoms with van der Waals surface area (Å²) in [7, 11) is 0. The molecule has 1 saturated heterocycles. The summed E-state index contributed by atoms with van der Waals surface area (Å²) in [5, 5.41) is 0. The Bertz CT molecular complexity index is 925. The lowest BCUT2D eigenvalue weighted by Gasteiger charge is -2.41. The molecule has 0 aliphatic carbocycles. The molecule has 150 valence electrons. The van der Waals surface area contributed by atoms with Crippen LogP contribution in [0.3, 0.4) is 0 Å². The first-order chi connectivity index (χ1) is 14.2. The van der Waals surface area contributed by atoms with Crippen molar-refractivity contribution >= 4 is 0 Å². The van der Waals surface area contributed by atoms with Gasteiger partial charge >= 0.3 is 0 Å². The normalized spacial score (nSPS) is 19.8. The highest BCUT2D eigenvalue weighted by Crippen LogP contribution is 2.31. The van der Waals surface area contributed by atoms with Crippen molar-refractivity contribution in [3.63, 3.8) is 0 Å². The molecule has 1 aliphatic rings. The standard InChI is InChI=1S/C23H22F2N2O2/c24-19-10-9-17(14-20(19)25)15-27-12-13-28-21(16-29-22-8-4-5-11-26-22)23(27)18-6-2-1-3-7-18/h1-11,14,21,23H,12-13,15-16H2/t21-,23-/m0/s1. The number of halogens is 2. The summed E-state index contributed by atoms with van der Waals surface area (Å²) in [6, 6.07) is 19.5. The summed E-state index contributed by atoms with van der Waals surface area (Å²) in [6.45, 7) is 2.03. The van der Waals surface area contributed by atoms with Crippen LogP contribution in [0.1, 0.15) is 17.2 Å². The van der Waals surface area contributed by atoms with Crippen LogP contribution < -0.4 is 4.74 Å². The first-order valence-corrected chi connectivity index (χ1v) is 9.59. The number of benzene rings is 2. The maximum absolute atomic E-state index is 13.7. The number of hydrogen-bond donors (Lipinski definition) is 0. The Morgan fingerprint density at radius 1 is 1.00 bits per heavy atom. The predicted octanol–water partition coefficient (Wildman–Crippen LogP) is 4.38. The van der Waals surface area contributed by atoms with Crippen LogP contribution in [0.15, 0.2) is 72.9 Å². The van der Waals surface area contributed by atoms with Crippen molar-refractivity contribution < 1.29 is 18.3 Å². The van der Waals surface area contributed by atoms with E-state index in [9.17, 15) is 8.78 Å². The molecule has 3 aromatic rings. The van der Waals surface area contributed by atoms with Crippen LogP contribution in [0.25, 0.3) is 0 Å². The highest BCUT2D eigenvalue weighted by Gasteiger charge is 2.34. The third-order valence-electron chi connectivity index (χ3n) is 5.00. The van der Waals surface area contributed by atoms with Gasteiger partial charge in [0, 0.05) is 25.4 Å². The van der Waals surface area contributed by atoms with Crippen molar-refractivity contribution in [2.75, 3.05) is 19.8 Å². The van der Waals surface area contributed by atoms with Crippen molar-refractivity contribution in [3.8, 4) is 5.88 Å². The number of nitrogens with zero attached hydrogens (tertiary/aromatic N) is 2. The summed E-state index contributed by atoms with van der Waals surface area (Å²) in [5.74, 6) is -1.13. The van der Waals surface area contributed by atoms with Crippen LogP contribution in [0.4, 0.5) is 8.78 Å². The van der Waals surface area contributed by atoms with Gasteiger partial charge in [0.25, 0.3) is 0 Å². The van der Waals surface area contributed by atoms with Gasteiger partial charge in [-0.2, -0.15) is 0 Å². The summed E-state index contributed by atoms with van der Waals surface area (Å²) >= 11 is 0. The number of ether oxygens (including phenoxy) is 2. The number of hydrogen-bond acceptors (Lipinski definition) is 4. The molecule has 0 radical (unpaired) electrons. The Balaban J connectivity index is 1.56. The maximum Gasteiger partial charge on any atom is 0.213 e. The third kappa shape index (κ3) is 4.78. The molecule has 1 aromatic heterocycles. The second-order valence-corrected chi connectivity index (χ2v) is 6.96. The zero-order chi connectivity index (χ0) is 20.1. The SMILES string of the molecule is Fc1ccc(CN2CCO[C@@H](COc3ccccn3)[C@@H]2c2ccccc2)cc1F. The zero-order valence-corrected chi connectivity index (χ0v) is 15.9. The fraction of sp³-hybridized carbons (Fsp3) is 0.261. The Hall–Kier alpha value is -2.83. The van der Waals surface area contributed by atoms with E-state index in [-0.39, 0.29) is 12.1 Å². The Kier molecular flexibility index (Phi) is 6.12. The second kappa shape index (κ2) is 9.11. The molecule has 2 atom stereocenters. The summed E-state index contributed by atoms with van der Waals surface area (Å²) in [6.07, 6.45) is 1.46. The number of rotatable bonds is 6. The summed E-state index contributed by atoms with van der Waals surface area (Å²) in [4.78, 5) is 6.42. The molecule has 1 fully saturated rings. The van der Waals surface area contributed by atoms with E-state index in [1.54, 1.807) is 18.3 Å². The fourth-order valence-electron chi connectivity index (χ4n) is 3.65. The van der Waals surface area contributed by atoms with Gasteiger partial charge in [-0.3, -0.25) is 4.90 Å². The zero-order valence-electron chi connectivity index (χ0n) is 15.9. The summed E-state index contributed by atoms with van der Waals surface area (Å²) < 4.78 is 38.9. The van der Waals surface area contributed by atoms with Gasteiger partial charge in [0.1, 0.15) is 12.7 Å². The monoisotopic (exact) mass is 396 g/mol. The van der Waals surface area contributed by atoms with E-state index in [1.165, 1.54) is 12.1 Å². The predicted molar refractivity (Wildman–Crippen MR) is 105 cm³/mol. The maximum atomic E-state index is 13.7. The van der Waals surface area contributed by atoms with E-state index in [2.05, 4.69) is 9.88 Å². The van der Waals surface area contributed by atoms with Gasteiger partial charge in [-0.15, -0.1) is 0 Å². The van der Waals surface area contributed by atoms with E-state index >= 15 is 0 Å². The second-order valence-electron chi connectivity index (χ2n) is 6.96. The molecule has 4 rings (SSSR count). The van der Waals surface area contributed by atoms with Gasteiger partial charge in [0.05, 0.1) is 12.6 Å². The van der Waals surface area contributed by atoms with Crippen LogP contribution in [0.2, 0.25) is 0 Å². The minimum Gasteiger partial charge on any atom is -0.475 e. The molecule has 0 unspecified atom stereocenters. The molecule has 0 spiro atoms. The van der Waals surface area contributed by atoms with Gasteiger partial charge in [-0.25, -0.2) is 13.8 Å². The minimum atomic E-state index is -0.836. The first kappa shape index (κ1) is 19.5.